The molecule has 0 atom stereocenters. The number of anilines is 2. The van der Waals surface area contributed by atoms with Crippen LogP contribution in [0.2, 0.25) is 0 Å². The van der Waals surface area contributed by atoms with Crippen molar-refractivity contribution >= 4 is 23.2 Å². The van der Waals surface area contributed by atoms with Gasteiger partial charge >= 0.3 is 0 Å². The van der Waals surface area contributed by atoms with Gasteiger partial charge in [0.1, 0.15) is 28.8 Å². The second-order valence-corrected chi connectivity index (χ2v) is 5.41. The number of carbonyl (C=O) groups excluding carboxylic acids is 2. The molecule has 3 rings (SSSR count). The number of pyridine rings is 1. The van der Waals surface area contributed by atoms with Crippen LogP contribution in [0, 0.1) is 17.5 Å². The zero-order valence-corrected chi connectivity index (χ0v) is 13.7. The van der Waals surface area contributed by atoms with Gasteiger partial charge in [-0.1, -0.05) is 18.2 Å². The molecule has 2 aromatic carbocycles. The molecule has 0 bridgehead atoms. The molecular formula is C19H12F3N3O2. The summed E-state index contributed by atoms with van der Waals surface area (Å²) in [5.74, 6) is -4.08. The molecule has 0 saturated carbocycles. The van der Waals surface area contributed by atoms with Gasteiger partial charge in [0.15, 0.2) is 0 Å². The fourth-order valence-corrected chi connectivity index (χ4v) is 2.25. The van der Waals surface area contributed by atoms with Crippen molar-refractivity contribution < 1.29 is 22.8 Å². The van der Waals surface area contributed by atoms with Crippen molar-refractivity contribution in [1.29, 1.82) is 0 Å². The number of benzene rings is 2. The molecule has 0 spiro atoms. The van der Waals surface area contributed by atoms with Crippen LogP contribution >= 0.6 is 0 Å². The number of hydrogen-bond donors (Lipinski definition) is 2. The summed E-state index contributed by atoms with van der Waals surface area (Å²) in [7, 11) is 0. The van der Waals surface area contributed by atoms with E-state index in [4.69, 9.17) is 0 Å². The highest BCUT2D eigenvalue weighted by Crippen LogP contribution is 2.19. The predicted molar refractivity (Wildman–Crippen MR) is 92.9 cm³/mol. The van der Waals surface area contributed by atoms with Gasteiger partial charge in [-0.3, -0.25) is 14.6 Å². The minimum Gasteiger partial charge on any atom is -0.318 e. The lowest BCUT2D eigenvalue weighted by atomic mass is 10.2. The Morgan fingerprint density at radius 2 is 1.44 bits per heavy atom. The van der Waals surface area contributed by atoms with Crippen LogP contribution in [0.25, 0.3) is 0 Å². The lowest BCUT2D eigenvalue weighted by Crippen LogP contribution is -2.18. The number of aromatic nitrogens is 1. The Bertz CT molecular complexity index is 1000. The summed E-state index contributed by atoms with van der Waals surface area (Å²) in [6.45, 7) is 0. The third-order valence-electron chi connectivity index (χ3n) is 3.58. The first-order chi connectivity index (χ1) is 13.0. The third kappa shape index (κ3) is 4.12. The maximum atomic E-state index is 13.6. The Kier molecular flexibility index (Phi) is 5.16. The topological polar surface area (TPSA) is 71.1 Å². The van der Waals surface area contributed by atoms with E-state index in [-0.39, 0.29) is 16.9 Å². The summed E-state index contributed by atoms with van der Waals surface area (Å²) >= 11 is 0. The molecule has 0 aliphatic heterocycles. The number of carbonyl (C=O) groups is 2. The van der Waals surface area contributed by atoms with Gasteiger partial charge in [-0.05, 0) is 36.4 Å². The standard InChI is InChI=1S/C19H12F3N3O2/c20-12-4-1-2-7-15(12)24-19(27)16-10-11(8-9-23-16)18(26)25-17-13(21)5-3-6-14(17)22/h1-10H,(H,24,27)(H,25,26). The molecule has 0 aliphatic carbocycles. The van der Waals surface area contributed by atoms with Crippen molar-refractivity contribution in [3.63, 3.8) is 0 Å². The summed E-state index contributed by atoms with van der Waals surface area (Å²) in [5, 5.41) is 4.44. The van der Waals surface area contributed by atoms with E-state index < -0.39 is 35.0 Å². The van der Waals surface area contributed by atoms with Crippen molar-refractivity contribution in [2.45, 2.75) is 0 Å². The van der Waals surface area contributed by atoms with Crippen LogP contribution in [0.3, 0.4) is 0 Å². The first-order valence-corrected chi connectivity index (χ1v) is 7.73. The van der Waals surface area contributed by atoms with Gasteiger partial charge in [0.05, 0.1) is 5.69 Å². The van der Waals surface area contributed by atoms with Crippen molar-refractivity contribution in [1.82, 2.24) is 4.98 Å². The van der Waals surface area contributed by atoms with Crippen molar-refractivity contribution in [3.05, 3.63) is 89.5 Å². The predicted octanol–water partition coefficient (Wildman–Crippen LogP) is 4.00. The summed E-state index contributed by atoms with van der Waals surface area (Å²) in [4.78, 5) is 28.3. The zero-order valence-electron chi connectivity index (χ0n) is 13.7. The SMILES string of the molecule is O=C(Nc1c(F)cccc1F)c1ccnc(C(=O)Nc2ccccc2F)c1. The second-order valence-electron chi connectivity index (χ2n) is 5.41. The number of rotatable bonds is 4. The van der Waals surface area contributed by atoms with Crippen molar-refractivity contribution in [2.24, 2.45) is 0 Å². The van der Waals surface area contributed by atoms with Crippen LogP contribution < -0.4 is 10.6 Å². The van der Waals surface area contributed by atoms with E-state index in [1.54, 1.807) is 6.07 Å². The third-order valence-corrected chi connectivity index (χ3v) is 3.58. The van der Waals surface area contributed by atoms with Gasteiger partial charge in [-0.2, -0.15) is 0 Å². The van der Waals surface area contributed by atoms with Crippen LogP contribution in [0.1, 0.15) is 20.8 Å². The maximum Gasteiger partial charge on any atom is 0.274 e. The molecule has 136 valence electrons. The van der Waals surface area contributed by atoms with E-state index in [0.29, 0.717) is 0 Å². The highest BCUT2D eigenvalue weighted by molar-refractivity contribution is 6.07. The van der Waals surface area contributed by atoms with Gasteiger partial charge in [-0.15, -0.1) is 0 Å². The van der Waals surface area contributed by atoms with Crippen LogP contribution in [-0.2, 0) is 0 Å². The molecule has 8 heteroatoms. The molecule has 0 unspecified atom stereocenters. The van der Waals surface area contributed by atoms with Gasteiger partial charge < -0.3 is 10.6 Å². The van der Waals surface area contributed by atoms with E-state index in [2.05, 4.69) is 15.6 Å². The lowest BCUT2D eigenvalue weighted by molar-refractivity contribution is 0.102. The Morgan fingerprint density at radius 1 is 0.778 bits per heavy atom. The number of hydrogen-bond acceptors (Lipinski definition) is 3. The largest absolute Gasteiger partial charge is 0.318 e. The monoisotopic (exact) mass is 371 g/mol. The molecular weight excluding hydrogens is 359 g/mol. The first-order valence-electron chi connectivity index (χ1n) is 7.73. The smallest absolute Gasteiger partial charge is 0.274 e. The number of amides is 2. The van der Waals surface area contributed by atoms with E-state index in [0.717, 1.165) is 24.3 Å². The molecule has 1 heterocycles. The van der Waals surface area contributed by atoms with Crippen LogP contribution in [-0.4, -0.2) is 16.8 Å². The Labute approximate surface area is 151 Å². The van der Waals surface area contributed by atoms with Gasteiger partial charge in [0, 0.05) is 11.8 Å². The van der Waals surface area contributed by atoms with Crippen LogP contribution in [0.5, 0.6) is 0 Å². The molecule has 5 nitrogen and oxygen atoms in total. The van der Waals surface area contributed by atoms with E-state index >= 15 is 0 Å². The number of para-hydroxylation sites is 2. The summed E-state index contributed by atoms with van der Waals surface area (Å²) in [5.41, 5.74) is -0.865. The molecule has 2 amide bonds. The normalized spacial score (nSPS) is 10.3. The zero-order chi connectivity index (χ0) is 19.4. The Hall–Kier alpha value is -3.68. The molecule has 0 aliphatic rings. The molecule has 27 heavy (non-hydrogen) atoms. The lowest BCUT2D eigenvalue weighted by Gasteiger charge is -2.09. The highest BCUT2D eigenvalue weighted by Gasteiger charge is 2.16. The van der Waals surface area contributed by atoms with Crippen LogP contribution in [0.15, 0.2) is 60.8 Å². The molecule has 2 N–H and O–H groups in total. The van der Waals surface area contributed by atoms with E-state index in [1.807, 2.05) is 0 Å². The summed E-state index contributed by atoms with van der Waals surface area (Å²) in [6.07, 6.45) is 1.18. The molecule has 3 aromatic rings. The molecule has 1 aromatic heterocycles. The van der Waals surface area contributed by atoms with Crippen molar-refractivity contribution in [3.8, 4) is 0 Å². The quantitative estimate of drug-likeness (QED) is 0.728. The highest BCUT2D eigenvalue weighted by atomic mass is 19.1. The van der Waals surface area contributed by atoms with Crippen molar-refractivity contribution in [2.75, 3.05) is 10.6 Å². The summed E-state index contributed by atoms with van der Waals surface area (Å²) < 4.78 is 40.9. The van der Waals surface area contributed by atoms with E-state index in [1.165, 1.54) is 30.5 Å². The average molecular weight is 371 g/mol. The molecule has 0 radical (unpaired) electrons. The maximum absolute atomic E-state index is 13.6. The minimum absolute atomic E-state index is 0.0485. The molecule has 0 fully saturated rings. The fourth-order valence-electron chi connectivity index (χ4n) is 2.25. The number of nitrogens with zero attached hydrogens (tertiary/aromatic N) is 1. The number of nitrogens with one attached hydrogen (secondary N) is 2. The van der Waals surface area contributed by atoms with E-state index in [9.17, 15) is 22.8 Å². The average Bonchev–Trinajstić information content (AvgIpc) is 2.66. The second kappa shape index (κ2) is 7.69. The Balaban J connectivity index is 1.80. The summed E-state index contributed by atoms with van der Waals surface area (Å²) in [6, 6.07) is 11.1. The Morgan fingerprint density at radius 3 is 2.15 bits per heavy atom. The molecule has 0 saturated heterocycles. The van der Waals surface area contributed by atoms with Crippen LogP contribution in [0.4, 0.5) is 24.5 Å². The van der Waals surface area contributed by atoms with Gasteiger partial charge in [0.25, 0.3) is 11.8 Å². The first kappa shape index (κ1) is 18.1. The van der Waals surface area contributed by atoms with Gasteiger partial charge in [0.2, 0.25) is 0 Å². The van der Waals surface area contributed by atoms with Gasteiger partial charge in [-0.25, -0.2) is 13.2 Å². The minimum atomic E-state index is -0.935. The number of halogens is 3. The fraction of sp³-hybridized carbons (Fsp3) is 0.